The number of rotatable bonds is 4. The molecule has 0 aliphatic carbocycles. The highest BCUT2D eigenvalue weighted by Crippen LogP contribution is 2.18. The van der Waals surface area contributed by atoms with Gasteiger partial charge in [0.2, 0.25) is 0 Å². The summed E-state index contributed by atoms with van der Waals surface area (Å²) in [7, 11) is 0. The zero-order valence-electron chi connectivity index (χ0n) is 8.40. The van der Waals surface area contributed by atoms with Crippen LogP contribution in [0.4, 0.5) is 0 Å². The molecule has 0 aromatic heterocycles. The number of aryl methyl sites for hydroxylation is 1. The highest BCUT2D eigenvalue weighted by molar-refractivity contribution is 5.35. The van der Waals surface area contributed by atoms with Crippen LogP contribution in [0.2, 0.25) is 0 Å². The Hall–Kier alpha value is -1.06. The Morgan fingerprint density at radius 2 is 2.14 bits per heavy atom. The predicted octanol–water partition coefficient (Wildman–Crippen LogP) is 0.810. The molecule has 78 valence electrons. The van der Waals surface area contributed by atoms with Crippen LogP contribution in [0.5, 0.6) is 5.75 Å². The molecule has 0 saturated carbocycles. The minimum Gasteiger partial charge on any atom is -0.508 e. The number of phenolic OH excluding ortho intramolecular Hbond substituents is 1. The van der Waals surface area contributed by atoms with E-state index < -0.39 is 0 Å². The molecule has 0 heterocycles. The quantitative estimate of drug-likeness (QED) is 0.666. The van der Waals surface area contributed by atoms with E-state index in [0.717, 1.165) is 17.5 Å². The minimum absolute atomic E-state index is 0.108. The summed E-state index contributed by atoms with van der Waals surface area (Å²) in [6.45, 7) is 2.45. The Morgan fingerprint density at radius 1 is 1.43 bits per heavy atom. The van der Waals surface area contributed by atoms with Gasteiger partial charge in [-0.1, -0.05) is 12.1 Å². The monoisotopic (exact) mass is 195 g/mol. The molecule has 1 unspecified atom stereocenters. The van der Waals surface area contributed by atoms with Crippen LogP contribution >= 0.6 is 0 Å². The standard InChI is InChI=1S/C11H17NO2/c1-8-4-9(2-3-11(8)14)5-10(6-12)7-13/h2-4,10,13-14H,5-7,12H2,1H3. The summed E-state index contributed by atoms with van der Waals surface area (Å²) in [5.41, 5.74) is 7.45. The molecule has 0 radical (unpaired) electrons. The lowest BCUT2D eigenvalue weighted by molar-refractivity contribution is 0.230. The van der Waals surface area contributed by atoms with E-state index in [-0.39, 0.29) is 12.5 Å². The lowest BCUT2D eigenvalue weighted by Gasteiger charge is -2.11. The number of hydrogen-bond donors (Lipinski definition) is 3. The number of aliphatic hydroxyl groups excluding tert-OH is 1. The van der Waals surface area contributed by atoms with Crippen LogP contribution in [-0.2, 0) is 6.42 Å². The van der Waals surface area contributed by atoms with Gasteiger partial charge in [-0.05, 0) is 43.0 Å². The van der Waals surface area contributed by atoms with Crippen LogP contribution in [0.1, 0.15) is 11.1 Å². The number of phenols is 1. The second kappa shape index (κ2) is 4.98. The van der Waals surface area contributed by atoms with Gasteiger partial charge >= 0.3 is 0 Å². The van der Waals surface area contributed by atoms with Gasteiger partial charge in [-0.2, -0.15) is 0 Å². The fourth-order valence-electron chi connectivity index (χ4n) is 1.40. The van der Waals surface area contributed by atoms with Crippen molar-refractivity contribution in [3.63, 3.8) is 0 Å². The molecule has 0 amide bonds. The molecule has 0 spiro atoms. The molecule has 1 atom stereocenters. The van der Waals surface area contributed by atoms with Crippen LogP contribution in [0.15, 0.2) is 18.2 Å². The molecule has 3 nitrogen and oxygen atoms in total. The summed E-state index contributed by atoms with van der Waals surface area (Å²) >= 11 is 0. The molecule has 1 rings (SSSR count). The van der Waals surface area contributed by atoms with Crippen molar-refractivity contribution in [2.24, 2.45) is 11.7 Å². The molecule has 0 bridgehead atoms. The van der Waals surface area contributed by atoms with E-state index in [1.165, 1.54) is 0 Å². The lowest BCUT2D eigenvalue weighted by atomic mass is 9.99. The molecule has 0 aliphatic rings. The fraction of sp³-hybridized carbons (Fsp3) is 0.455. The van der Waals surface area contributed by atoms with Crippen LogP contribution in [0.25, 0.3) is 0 Å². The van der Waals surface area contributed by atoms with Gasteiger partial charge in [0.25, 0.3) is 0 Å². The zero-order valence-corrected chi connectivity index (χ0v) is 8.40. The topological polar surface area (TPSA) is 66.5 Å². The Bertz CT molecular complexity index is 295. The van der Waals surface area contributed by atoms with Crippen molar-refractivity contribution < 1.29 is 10.2 Å². The van der Waals surface area contributed by atoms with Crippen molar-refractivity contribution in [3.8, 4) is 5.75 Å². The van der Waals surface area contributed by atoms with E-state index in [1.54, 1.807) is 6.07 Å². The van der Waals surface area contributed by atoms with Crippen molar-refractivity contribution in [3.05, 3.63) is 29.3 Å². The maximum absolute atomic E-state index is 9.32. The number of nitrogens with two attached hydrogens (primary N) is 1. The molecule has 0 fully saturated rings. The van der Waals surface area contributed by atoms with Crippen LogP contribution in [0.3, 0.4) is 0 Å². The van der Waals surface area contributed by atoms with Crippen LogP contribution in [0, 0.1) is 12.8 Å². The highest BCUT2D eigenvalue weighted by atomic mass is 16.3. The van der Waals surface area contributed by atoms with E-state index in [9.17, 15) is 5.11 Å². The lowest BCUT2D eigenvalue weighted by Crippen LogP contribution is -2.20. The van der Waals surface area contributed by atoms with Gasteiger partial charge in [-0.25, -0.2) is 0 Å². The summed E-state index contributed by atoms with van der Waals surface area (Å²) in [5, 5.41) is 18.3. The molecule has 0 aliphatic heterocycles. The highest BCUT2D eigenvalue weighted by Gasteiger charge is 2.07. The van der Waals surface area contributed by atoms with Gasteiger partial charge in [0.1, 0.15) is 5.75 Å². The van der Waals surface area contributed by atoms with Gasteiger partial charge in [0.05, 0.1) is 0 Å². The molecular formula is C11H17NO2. The van der Waals surface area contributed by atoms with E-state index in [2.05, 4.69) is 0 Å². The zero-order chi connectivity index (χ0) is 10.6. The van der Waals surface area contributed by atoms with Crippen molar-refractivity contribution in [1.82, 2.24) is 0 Å². The Kier molecular flexibility index (Phi) is 3.92. The molecule has 4 N–H and O–H groups in total. The maximum Gasteiger partial charge on any atom is 0.118 e. The van der Waals surface area contributed by atoms with Crippen LogP contribution < -0.4 is 5.73 Å². The summed E-state index contributed by atoms with van der Waals surface area (Å²) < 4.78 is 0. The second-order valence-electron chi connectivity index (χ2n) is 3.61. The molecule has 0 saturated heterocycles. The minimum atomic E-state index is 0.108. The van der Waals surface area contributed by atoms with Gasteiger partial charge in [0.15, 0.2) is 0 Å². The van der Waals surface area contributed by atoms with Crippen molar-refractivity contribution >= 4 is 0 Å². The fourth-order valence-corrected chi connectivity index (χ4v) is 1.40. The number of aliphatic hydroxyl groups is 1. The third kappa shape index (κ3) is 2.72. The first-order valence-corrected chi connectivity index (χ1v) is 4.76. The molecule has 3 heteroatoms. The SMILES string of the molecule is Cc1cc(CC(CN)CO)ccc1O. The van der Waals surface area contributed by atoms with Crippen LogP contribution in [-0.4, -0.2) is 23.4 Å². The summed E-state index contributed by atoms with van der Waals surface area (Å²) in [4.78, 5) is 0. The largest absolute Gasteiger partial charge is 0.508 e. The first-order valence-electron chi connectivity index (χ1n) is 4.76. The summed E-state index contributed by atoms with van der Waals surface area (Å²) in [5.74, 6) is 0.418. The predicted molar refractivity (Wildman–Crippen MR) is 56.2 cm³/mol. The van der Waals surface area contributed by atoms with Gasteiger partial charge in [0, 0.05) is 6.61 Å². The maximum atomic E-state index is 9.32. The molecular weight excluding hydrogens is 178 g/mol. The van der Waals surface area contributed by atoms with Crippen molar-refractivity contribution in [2.45, 2.75) is 13.3 Å². The van der Waals surface area contributed by atoms with E-state index in [0.29, 0.717) is 12.3 Å². The third-order valence-electron chi connectivity index (χ3n) is 2.38. The van der Waals surface area contributed by atoms with Gasteiger partial charge in [-0.3, -0.25) is 0 Å². The molecule has 14 heavy (non-hydrogen) atoms. The first kappa shape index (κ1) is 11.0. The second-order valence-corrected chi connectivity index (χ2v) is 3.61. The van der Waals surface area contributed by atoms with Gasteiger partial charge < -0.3 is 15.9 Å². The third-order valence-corrected chi connectivity index (χ3v) is 2.38. The number of benzene rings is 1. The Balaban J connectivity index is 2.72. The van der Waals surface area contributed by atoms with E-state index in [4.69, 9.17) is 10.8 Å². The van der Waals surface area contributed by atoms with Crippen molar-refractivity contribution in [1.29, 1.82) is 0 Å². The average Bonchev–Trinajstić information content (AvgIpc) is 2.19. The number of aromatic hydroxyl groups is 1. The smallest absolute Gasteiger partial charge is 0.118 e. The van der Waals surface area contributed by atoms with E-state index in [1.807, 2.05) is 19.1 Å². The molecule has 1 aromatic carbocycles. The van der Waals surface area contributed by atoms with Gasteiger partial charge in [-0.15, -0.1) is 0 Å². The Morgan fingerprint density at radius 3 is 2.64 bits per heavy atom. The average molecular weight is 195 g/mol. The van der Waals surface area contributed by atoms with E-state index >= 15 is 0 Å². The number of hydrogen-bond acceptors (Lipinski definition) is 3. The summed E-state index contributed by atoms with van der Waals surface area (Å²) in [6, 6.07) is 5.46. The first-order chi connectivity index (χ1) is 6.67. The molecule has 1 aromatic rings. The Labute approximate surface area is 84.2 Å². The summed E-state index contributed by atoms with van der Waals surface area (Å²) in [6.07, 6.45) is 0.758. The van der Waals surface area contributed by atoms with Crippen molar-refractivity contribution in [2.75, 3.05) is 13.2 Å². The normalized spacial score (nSPS) is 12.8.